The smallest absolute Gasteiger partial charge is 0.254 e. The molecule has 6 heteroatoms. The number of ether oxygens (including phenoxy) is 1. The summed E-state index contributed by atoms with van der Waals surface area (Å²) in [5, 5.41) is 2.74. The van der Waals surface area contributed by atoms with Crippen LogP contribution in [0, 0.1) is 13.8 Å². The van der Waals surface area contributed by atoms with Gasteiger partial charge in [-0.05, 0) is 26.0 Å². The number of nitrogens with one attached hydrogen (secondary N) is 1. The van der Waals surface area contributed by atoms with Crippen LogP contribution in [0.2, 0.25) is 0 Å². The maximum absolute atomic E-state index is 12.3. The summed E-state index contributed by atoms with van der Waals surface area (Å²) in [7, 11) is 0. The van der Waals surface area contributed by atoms with Gasteiger partial charge in [0, 0.05) is 11.6 Å². The first-order valence-corrected chi connectivity index (χ1v) is 9.11. The highest BCUT2D eigenvalue weighted by Crippen LogP contribution is 2.15. The molecule has 1 amide bonds. The molecule has 0 radical (unpaired) electrons. The van der Waals surface area contributed by atoms with Crippen molar-refractivity contribution < 1.29 is 9.53 Å². The lowest BCUT2D eigenvalue weighted by atomic mass is 10.1. The molecular weight excluding hydrogens is 354 g/mol. The number of hydrogen-bond donors (Lipinski definition) is 1. The van der Waals surface area contributed by atoms with E-state index in [1.165, 1.54) is 17.0 Å². The van der Waals surface area contributed by atoms with Crippen LogP contribution in [0.4, 0.5) is 0 Å². The van der Waals surface area contributed by atoms with Crippen molar-refractivity contribution >= 4 is 5.91 Å². The Balaban J connectivity index is 1.50. The predicted octanol–water partition coefficient (Wildman–Crippen LogP) is 2.72. The number of aryl methyl sites for hydroxylation is 2. The van der Waals surface area contributed by atoms with Gasteiger partial charge in [-0.3, -0.25) is 14.2 Å². The van der Waals surface area contributed by atoms with Crippen LogP contribution in [-0.2, 0) is 11.3 Å². The van der Waals surface area contributed by atoms with Crippen LogP contribution in [0.25, 0.3) is 11.3 Å². The van der Waals surface area contributed by atoms with Gasteiger partial charge in [-0.25, -0.2) is 4.98 Å². The fraction of sp³-hybridized carbons (Fsp3) is 0.227. The summed E-state index contributed by atoms with van der Waals surface area (Å²) < 4.78 is 6.85. The molecule has 0 aliphatic rings. The Morgan fingerprint density at radius 2 is 1.68 bits per heavy atom. The standard InChI is InChI=1S/C22H23N3O3/c1-16-3-7-18(8-4-16)20-13-22(27)25(15-24-20)14-21(26)23-11-12-28-19-9-5-17(2)6-10-19/h3-10,13,15H,11-12,14H2,1-2H3,(H,23,26). The van der Waals surface area contributed by atoms with Crippen LogP contribution in [0.5, 0.6) is 5.75 Å². The van der Waals surface area contributed by atoms with Crippen LogP contribution < -0.4 is 15.6 Å². The van der Waals surface area contributed by atoms with E-state index in [1.807, 2.05) is 62.4 Å². The molecule has 0 unspecified atom stereocenters. The minimum atomic E-state index is -0.267. The van der Waals surface area contributed by atoms with Gasteiger partial charge < -0.3 is 10.1 Å². The van der Waals surface area contributed by atoms with Crippen molar-refractivity contribution in [3.8, 4) is 17.0 Å². The number of carbonyl (C=O) groups excluding carboxylic acids is 1. The number of hydrogen-bond acceptors (Lipinski definition) is 4. The molecule has 0 bridgehead atoms. The lowest BCUT2D eigenvalue weighted by molar-refractivity contribution is -0.121. The second-order valence-electron chi connectivity index (χ2n) is 6.62. The van der Waals surface area contributed by atoms with Gasteiger partial charge in [0.15, 0.2) is 0 Å². The lowest BCUT2D eigenvalue weighted by Crippen LogP contribution is -2.34. The van der Waals surface area contributed by atoms with Gasteiger partial charge in [0.05, 0.1) is 18.6 Å². The van der Waals surface area contributed by atoms with Crippen molar-refractivity contribution in [2.24, 2.45) is 0 Å². The molecule has 0 spiro atoms. The molecule has 28 heavy (non-hydrogen) atoms. The van der Waals surface area contributed by atoms with Crippen molar-refractivity contribution in [3.63, 3.8) is 0 Å². The fourth-order valence-corrected chi connectivity index (χ4v) is 2.63. The summed E-state index contributed by atoms with van der Waals surface area (Å²) in [5.41, 5.74) is 3.49. The van der Waals surface area contributed by atoms with Crippen LogP contribution in [-0.4, -0.2) is 28.6 Å². The highest BCUT2D eigenvalue weighted by Gasteiger charge is 2.07. The molecular formula is C22H23N3O3. The number of carbonyl (C=O) groups is 1. The first-order valence-electron chi connectivity index (χ1n) is 9.11. The molecule has 3 aromatic rings. The molecule has 0 aliphatic carbocycles. The van der Waals surface area contributed by atoms with E-state index < -0.39 is 0 Å². The second-order valence-corrected chi connectivity index (χ2v) is 6.62. The van der Waals surface area contributed by atoms with Crippen molar-refractivity contribution in [1.29, 1.82) is 0 Å². The molecule has 2 aromatic carbocycles. The van der Waals surface area contributed by atoms with Crippen LogP contribution in [0.1, 0.15) is 11.1 Å². The predicted molar refractivity (Wildman–Crippen MR) is 108 cm³/mol. The maximum atomic E-state index is 12.3. The molecule has 3 rings (SSSR count). The van der Waals surface area contributed by atoms with Gasteiger partial charge in [0.1, 0.15) is 18.9 Å². The molecule has 0 saturated heterocycles. The monoisotopic (exact) mass is 377 g/mol. The average molecular weight is 377 g/mol. The lowest BCUT2D eigenvalue weighted by Gasteiger charge is -2.09. The quantitative estimate of drug-likeness (QED) is 0.643. The number of rotatable bonds is 7. The molecule has 1 N–H and O–H groups in total. The normalized spacial score (nSPS) is 10.5. The Morgan fingerprint density at radius 3 is 2.32 bits per heavy atom. The first-order chi connectivity index (χ1) is 13.5. The summed E-state index contributed by atoms with van der Waals surface area (Å²) in [6.45, 7) is 4.64. The third-order valence-corrected chi connectivity index (χ3v) is 4.25. The van der Waals surface area contributed by atoms with Crippen molar-refractivity contribution in [3.05, 3.63) is 82.4 Å². The average Bonchev–Trinajstić information content (AvgIpc) is 2.69. The zero-order chi connectivity index (χ0) is 19.9. The van der Waals surface area contributed by atoms with E-state index in [-0.39, 0.29) is 18.0 Å². The van der Waals surface area contributed by atoms with E-state index >= 15 is 0 Å². The molecule has 0 saturated carbocycles. The Labute approximate surface area is 163 Å². The largest absolute Gasteiger partial charge is 0.492 e. The molecule has 6 nitrogen and oxygen atoms in total. The highest BCUT2D eigenvalue weighted by atomic mass is 16.5. The van der Waals surface area contributed by atoms with Crippen molar-refractivity contribution in [2.75, 3.05) is 13.2 Å². The van der Waals surface area contributed by atoms with E-state index in [9.17, 15) is 9.59 Å². The number of amides is 1. The minimum Gasteiger partial charge on any atom is -0.492 e. The molecule has 0 aliphatic heterocycles. The van der Waals surface area contributed by atoms with Crippen LogP contribution >= 0.6 is 0 Å². The van der Waals surface area contributed by atoms with Gasteiger partial charge >= 0.3 is 0 Å². The number of aromatic nitrogens is 2. The third kappa shape index (κ3) is 5.30. The zero-order valence-electron chi connectivity index (χ0n) is 16.0. The maximum Gasteiger partial charge on any atom is 0.254 e. The van der Waals surface area contributed by atoms with E-state index in [2.05, 4.69) is 10.3 Å². The van der Waals surface area contributed by atoms with E-state index in [1.54, 1.807) is 0 Å². The summed E-state index contributed by atoms with van der Waals surface area (Å²) in [5.74, 6) is 0.492. The fourth-order valence-electron chi connectivity index (χ4n) is 2.63. The number of benzene rings is 2. The molecule has 1 heterocycles. The highest BCUT2D eigenvalue weighted by molar-refractivity contribution is 5.75. The van der Waals surface area contributed by atoms with Crippen LogP contribution in [0.3, 0.4) is 0 Å². The number of nitrogens with zero attached hydrogens (tertiary/aromatic N) is 2. The van der Waals surface area contributed by atoms with Gasteiger partial charge in [0.25, 0.3) is 5.56 Å². The molecule has 0 fully saturated rings. The van der Waals surface area contributed by atoms with E-state index in [4.69, 9.17) is 4.74 Å². The Hall–Kier alpha value is -3.41. The van der Waals surface area contributed by atoms with E-state index in [0.717, 1.165) is 22.4 Å². The molecule has 0 atom stereocenters. The topological polar surface area (TPSA) is 73.2 Å². The third-order valence-electron chi connectivity index (χ3n) is 4.25. The van der Waals surface area contributed by atoms with Crippen LogP contribution in [0.15, 0.2) is 65.7 Å². The van der Waals surface area contributed by atoms with Crippen molar-refractivity contribution in [1.82, 2.24) is 14.9 Å². The van der Waals surface area contributed by atoms with Crippen molar-refractivity contribution in [2.45, 2.75) is 20.4 Å². The minimum absolute atomic E-state index is 0.0788. The van der Waals surface area contributed by atoms with Gasteiger partial charge in [-0.2, -0.15) is 0 Å². The van der Waals surface area contributed by atoms with Gasteiger partial charge in [0.2, 0.25) is 5.91 Å². The second kappa shape index (κ2) is 8.99. The summed E-state index contributed by atoms with van der Waals surface area (Å²) in [4.78, 5) is 28.6. The Kier molecular flexibility index (Phi) is 6.22. The molecule has 1 aromatic heterocycles. The van der Waals surface area contributed by atoms with Gasteiger partial charge in [-0.1, -0.05) is 47.5 Å². The SMILES string of the molecule is Cc1ccc(OCCNC(=O)Cn2cnc(-c3ccc(C)cc3)cc2=O)cc1. The summed E-state index contributed by atoms with van der Waals surface area (Å²) in [6.07, 6.45) is 1.40. The Bertz CT molecular complexity index is 993. The Morgan fingerprint density at radius 1 is 1.04 bits per heavy atom. The molecule has 144 valence electrons. The van der Waals surface area contributed by atoms with E-state index in [0.29, 0.717) is 18.8 Å². The summed E-state index contributed by atoms with van der Waals surface area (Å²) in [6, 6.07) is 16.9. The zero-order valence-corrected chi connectivity index (χ0v) is 16.0. The first kappa shape index (κ1) is 19.4. The summed E-state index contributed by atoms with van der Waals surface area (Å²) >= 11 is 0. The van der Waals surface area contributed by atoms with Gasteiger partial charge in [-0.15, -0.1) is 0 Å².